The van der Waals surface area contributed by atoms with Crippen LogP contribution in [0.15, 0.2) is 24.3 Å². The molecule has 1 aromatic carbocycles. The molecule has 108 valence electrons. The van der Waals surface area contributed by atoms with Gasteiger partial charge in [0.15, 0.2) is 11.6 Å². The summed E-state index contributed by atoms with van der Waals surface area (Å²) < 4.78 is 32.3. The highest BCUT2D eigenvalue weighted by molar-refractivity contribution is 7.18. The van der Waals surface area contributed by atoms with Crippen molar-refractivity contribution in [1.82, 2.24) is 9.97 Å². The number of anilines is 1. The molecule has 0 amide bonds. The molecule has 8 heteroatoms. The van der Waals surface area contributed by atoms with Crippen LogP contribution in [0.4, 0.5) is 14.7 Å². The van der Waals surface area contributed by atoms with E-state index in [-0.39, 0.29) is 17.6 Å². The second-order valence-electron chi connectivity index (χ2n) is 4.25. The van der Waals surface area contributed by atoms with Crippen LogP contribution in [0.25, 0.3) is 10.2 Å². The van der Waals surface area contributed by atoms with E-state index in [1.165, 1.54) is 11.3 Å². The highest BCUT2D eigenvalue weighted by Gasteiger charge is 2.14. The monoisotopic (exact) mass is 308 g/mol. The topological polar surface area (TPSA) is 73.1 Å². The number of hydrogen-bond acceptors (Lipinski definition) is 6. The molecule has 0 aliphatic carbocycles. The summed E-state index contributed by atoms with van der Waals surface area (Å²) in [5.74, 6) is 4.02. The fourth-order valence-electron chi connectivity index (χ4n) is 1.82. The van der Waals surface area contributed by atoms with Crippen LogP contribution in [0.1, 0.15) is 4.88 Å². The third kappa shape index (κ3) is 2.63. The van der Waals surface area contributed by atoms with E-state index in [4.69, 9.17) is 10.6 Å². The molecule has 0 aliphatic rings. The third-order valence-corrected chi connectivity index (χ3v) is 3.65. The van der Waals surface area contributed by atoms with Crippen molar-refractivity contribution in [2.75, 3.05) is 5.43 Å². The second-order valence-corrected chi connectivity index (χ2v) is 5.48. The van der Waals surface area contributed by atoms with Gasteiger partial charge in [0, 0.05) is 10.9 Å². The maximum Gasteiger partial charge on any atom is 0.241 e. The number of hydrazine groups is 1. The second kappa shape index (κ2) is 5.23. The lowest BCUT2D eigenvalue weighted by Crippen LogP contribution is -2.10. The number of nitrogen functional groups attached to an aromatic ring is 1. The number of ether oxygens (including phenoxy) is 1. The first-order valence-electron chi connectivity index (χ1n) is 5.94. The molecule has 5 nitrogen and oxygen atoms in total. The van der Waals surface area contributed by atoms with Crippen LogP contribution < -0.4 is 16.0 Å². The predicted octanol–water partition coefficient (Wildman–Crippen LogP) is 3.36. The van der Waals surface area contributed by atoms with Gasteiger partial charge in [0.05, 0.1) is 5.39 Å². The molecule has 0 fully saturated rings. The number of rotatable bonds is 3. The van der Waals surface area contributed by atoms with E-state index in [1.807, 2.05) is 13.0 Å². The van der Waals surface area contributed by atoms with Crippen molar-refractivity contribution in [3.63, 3.8) is 0 Å². The van der Waals surface area contributed by atoms with Gasteiger partial charge in [-0.3, -0.25) is 5.43 Å². The van der Waals surface area contributed by atoms with Gasteiger partial charge in [0.25, 0.3) is 0 Å². The number of halogens is 2. The molecule has 0 saturated heterocycles. The van der Waals surface area contributed by atoms with Crippen molar-refractivity contribution < 1.29 is 13.5 Å². The largest absolute Gasteiger partial charge is 0.435 e. The van der Waals surface area contributed by atoms with E-state index in [0.717, 1.165) is 23.1 Å². The SMILES string of the molecule is Cc1cc2c(Oc3cc(F)ccc3F)nc(NN)nc2s1. The maximum atomic E-state index is 13.7. The summed E-state index contributed by atoms with van der Waals surface area (Å²) >= 11 is 1.42. The van der Waals surface area contributed by atoms with Crippen molar-refractivity contribution in [1.29, 1.82) is 0 Å². The minimum absolute atomic E-state index is 0.113. The zero-order chi connectivity index (χ0) is 15.0. The number of aromatic nitrogens is 2. The number of nitrogens with two attached hydrogens (primary N) is 1. The van der Waals surface area contributed by atoms with Crippen molar-refractivity contribution >= 4 is 27.5 Å². The lowest BCUT2D eigenvalue weighted by molar-refractivity contribution is 0.427. The zero-order valence-corrected chi connectivity index (χ0v) is 11.7. The average Bonchev–Trinajstić information content (AvgIpc) is 2.83. The molecule has 0 bridgehead atoms. The summed E-state index contributed by atoms with van der Waals surface area (Å²) in [4.78, 5) is 9.85. The van der Waals surface area contributed by atoms with Gasteiger partial charge in [0.2, 0.25) is 11.8 Å². The van der Waals surface area contributed by atoms with Gasteiger partial charge in [-0.2, -0.15) is 4.98 Å². The van der Waals surface area contributed by atoms with Crippen LogP contribution in [0, 0.1) is 18.6 Å². The lowest BCUT2D eigenvalue weighted by Gasteiger charge is -2.08. The molecular weight excluding hydrogens is 298 g/mol. The van der Waals surface area contributed by atoms with Gasteiger partial charge >= 0.3 is 0 Å². The normalized spacial score (nSPS) is 10.9. The van der Waals surface area contributed by atoms with E-state index in [2.05, 4.69) is 15.4 Å². The van der Waals surface area contributed by atoms with Crippen LogP contribution in [-0.4, -0.2) is 9.97 Å². The molecule has 0 aliphatic heterocycles. The minimum Gasteiger partial charge on any atom is -0.435 e. The fraction of sp³-hybridized carbons (Fsp3) is 0.0769. The first-order valence-corrected chi connectivity index (χ1v) is 6.76. The number of benzene rings is 1. The quantitative estimate of drug-likeness (QED) is 0.573. The molecule has 3 aromatic rings. The van der Waals surface area contributed by atoms with E-state index >= 15 is 0 Å². The number of nitrogens with one attached hydrogen (secondary N) is 1. The molecule has 0 atom stereocenters. The molecule has 0 spiro atoms. The smallest absolute Gasteiger partial charge is 0.241 e. The maximum absolute atomic E-state index is 13.7. The van der Waals surface area contributed by atoms with Crippen molar-refractivity contribution in [2.45, 2.75) is 6.92 Å². The van der Waals surface area contributed by atoms with Crippen molar-refractivity contribution in [3.05, 3.63) is 40.8 Å². The van der Waals surface area contributed by atoms with Crippen LogP contribution in [0.3, 0.4) is 0 Å². The Bertz CT molecular complexity index is 821. The van der Waals surface area contributed by atoms with Crippen molar-refractivity contribution in [3.8, 4) is 11.6 Å². The van der Waals surface area contributed by atoms with Crippen LogP contribution in [0.2, 0.25) is 0 Å². The number of thiophene rings is 1. The number of fused-ring (bicyclic) bond motifs is 1. The highest BCUT2D eigenvalue weighted by atomic mass is 32.1. The molecule has 0 saturated carbocycles. The Labute approximate surface area is 122 Å². The van der Waals surface area contributed by atoms with E-state index in [9.17, 15) is 8.78 Å². The first-order chi connectivity index (χ1) is 10.1. The summed E-state index contributed by atoms with van der Waals surface area (Å²) in [5.41, 5.74) is 2.32. The molecule has 2 heterocycles. The van der Waals surface area contributed by atoms with Gasteiger partial charge in [-0.05, 0) is 25.1 Å². The summed E-state index contributed by atoms with van der Waals surface area (Å²) in [5, 5.41) is 0.611. The molecule has 3 rings (SSSR count). The Balaban J connectivity index is 2.12. The standard InChI is InChI=1S/C13H10F2N4OS/c1-6-4-8-11(17-13(19-16)18-12(8)21-6)20-10-5-7(14)2-3-9(10)15/h2-5H,16H2,1H3,(H,17,18,19). The minimum atomic E-state index is -0.683. The fourth-order valence-corrected chi connectivity index (χ4v) is 2.69. The summed E-state index contributed by atoms with van der Waals surface area (Å²) in [6.07, 6.45) is 0. The summed E-state index contributed by atoms with van der Waals surface area (Å²) in [6.45, 7) is 1.90. The molecule has 21 heavy (non-hydrogen) atoms. The highest BCUT2D eigenvalue weighted by Crippen LogP contribution is 2.34. The van der Waals surface area contributed by atoms with Gasteiger partial charge in [-0.25, -0.2) is 19.6 Å². The van der Waals surface area contributed by atoms with Gasteiger partial charge in [-0.1, -0.05) is 0 Å². The number of hydrogen-bond donors (Lipinski definition) is 2. The zero-order valence-electron chi connectivity index (χ0n) is 10.9. The van der Waals surface area contributed by atoms with E-state index < -0.39 is 11.6 Å². The average molecular weight is 308 g/mol. The Morgan fingerprint density at radius 3 is 2.81 bits per heavy atom. The van der Waals surface area contributed by atoms with Crippen LogP contribution in [-0.2, 0) is 0 Å². The van der Waals surface area contributed by atoms with Gasteiger partial charge in [0.1, 0.15) is 10.6 Å². The molecule has 0 radical (unpaired) electrons. The van der Waals surface area contributed by atoms with Crippen LogP contribution >= 0.6 is 11.3 Å². The molecule has 3 N–H and O–H groups in total. The molecule has 0 unspecified atom stereocenters. The third-order valence-electron chi connectivity index (χ3n) is 2.71. The summed E-state index contributed by atoms with van der Waals surface area (Å²) in [7, 11) is 0. The number of nitrogens with zero attached hydrogens (tertiary/aromatic N) is 2. The van der Waals surface area contributed by atoms with Crippen LogP contribution in [0.5, 0.6) is 11.6 Å². The molecular formula is C13H10F2N4OS. The Morgan fingerprint density at radius 1 is 1.24 bits per heavy atom. The van der Waals surface area contributed by atoms with Crippen molar-refractivity contribution in [2.24, 2.45) is 5.84 Å². The van der Waals surface area contributed by atoms with Gasteiger partial charge in [-0.15, -0.1) is 11.3 Å². The number of aryl methyl sites for hydroxylation is 1. The molecule has 2 aromatic heterocycles. The van der Waals surface area contributed by atoms with Gasteiger partial charge < -0.3 is 4.74 Å². The first kappa shape index (κ1) is 13.7. The summed E-state index contributed by atoms with van der Waals surface area (Å²) in [6, 6.07) is 4.77. The Morgan fingerprint density at radius 2 is 2.05 bits per heavy atom. The Hall–Kier alpha value is -2.32. The predicted molar refractivity (Wildman–Crippen MR) is 76.4 cm³/mol. The lowest BCUT2D eigenvalue weighted by atomic mass is 10.3. The van der Waals surface area contributed by atoms with E-state index in [1.54, 1.807) is 0 Å². The Kier molecular flexibility index (Phi) is 3.40. The van der Waals surface area contributed by atoms with E-state index in [0.29, 0.717) is 10.2 Å².